The lowest BCUT2D eigenvalue weighted by atomic mass is 10.4. The van der Waals surface area contributed by atoms with E-state index in [0.717, 1.165) is 12.8 Å². The number of methoxy groups -OCH3 is 1. The second-order valence-corrected chi connectivity index (χ2v) is 5.68. The monoisotopic (exact) mass is 358 g/mol. The van der Waals surface area contributed by atoms with E-state index in [1.54, 1.807) is 13.3 Å². The van der Waals surface area contributed by atoms with E-state index in [-0.39, 0.29) is 17.4 Å². The Kier molecular flexibility index (Phi) is 5.75. The molecule has 0 aromatic carbocycles. The van der Waals surface area contributed by atoms with Crippen molar-refractivity contribution in [3.63, 3.8) is 0 Å². The molecule has 1 saturated carbocycles. The molecule has 0 radical (unpaired) electrons. The second-order valence-electron chi connectivity index (χ2n) is 4.89. The third kappa shape index (κ3) is 4.53. The van der Waals surface area contributed by atoms with Gasteiger partial charge in [-0.15, -0.1) is 0 Å². The predicted molar refractivity (Wildman–Crippen MR) is 82.3 cm³/mol. The van der Waals surface area contributed by atoms with Crippen molar-refractivity contribution >= 4 is 27.5 Å². The van der Waals surface area contributed by atoms with E-state index >= 15 is 0 Å². The highest BCUT2D eigenvalue weighted by atomic mass is 79.9. The molecule has 1 aliphatic carbocycles. The molecule has 1 fully saturated rings. The summed E-state index contributed by atoms with van der Waals surface area (Å²) < 4.78 is 6.70. The summed E-state index contributed by atoms with van der Waals surface area (Å²) in [5, 5.41) is 10.0. The third-order valence-electron chi connectivity index (χ3n) is 3.18. The first-order valence-corrected chi connectivity index (χ1v) is 7.69. The van der Waals surface area contributed by atoms with Crippen molar-refractivity contribution in [3.8, 4) is 0 Å². The number of halogens is 1. The molecule has 1 amide bonds. The molecule has 0 saturated heterocycles. The number of rotatable bonds is 8. The average molecular weight is 359 g/mol. The second kappa shape index (κ2) is 7.56. The normalized spacial score (nSPS) is 14.0. The van der Waals surface area contributed by atoms with Crippen molar-refractivity contribution in [1.82, 2.24) is 15.1 Å². The molecular weight excluding hydrogens is 340 g/mol. The number of aromatic nitrogens is 2. The predicted octanol–water partition coefficient (Wildman–Crippen LogP) is 0.590. The van der Waals surface area contributed by atoms with Gasteiger partial charge in [-0.1, -0.05) is 0 Å². The smallest absolute Gasteiger partial charge is 0.283 e. The summed E-state index contributed by atoms with van der Waals surface area (Å²) in [4.78, 5) is 23.5. The molecule has 0 spiro atoms. The molecular formula is C13H19BrN4O3. The largest absolute Gasteiger partial charge is 0.383 e. The van der Waals surface area contributed by atoms with E-state index in [0.29, 0.717) is 36.4 Å². The Bertz CT molecular complexity index is 557. The zero-order valence-corrected chi connectivity index (χ0v) is 13.5. The number of hydrogen-bond acceptors (Lipinski definition) is 5. The highest BCUT2D eigenvalue weighted by Crippen LogP contribution is 2.28. The molecule has 8 heteroatoms. The number of anilines is 1. The van der Waals surface area contributed by atoms with Gasteiger partial charge in [0.1, 0.15) is 4.47 Å². The number of ether oxygens (including phenoxy) is 1. The maximum atomic E-state index is 12.0. The minimum absolute atomic E-state index is 0.115. The number of nitrogens with one attached hydrogen (secondary N) is 2. The van der Waals surface area contributed by atoms with Gasteiger partial charge in [0.15, 0.2) is 0 Å². The summed E-state index contributed by atoms with van der Waals surface area (Å²) in [7, 11) is 1.58. The number of carbonyl (C=O) groups is 1. The van der Waals surface area contributed by atoms with Gasteiger partial charge in [0, 0.05) is 26.1 Å². The van der Waals surface area contributed by atoms with Crippen LogP contribution in [0.3, 0.4) is 0 Å². The molecule has 2 N–H and O–H groups in total. The minimum Gasteiger partial charge on any atom is -0.383 e. The summed E-state index contributed by atoms with van der Waals surface area (Å²) in [6.07, 6.45) is 3.58. The number of nitrogens with zero attached hydrogens (tertiary/aromatic N) is 2. The summed E-state index contributed by atoms with van der Waals surface area (Å²) in [5.74, 6) is 0.326. The van der Waals surface area contributed by atoms with Gasteiger partial charge < -0.3 is 15.4 Å². The van der Waals surface area contributed by atoms with Crippen LogP contribution in [-0.2, 0) is 16.1 Å². The summed E-state index contributed by atoms with van der Waals surface area (Å²) >= 11 is 3.27. The van der Waals surface area contributed by atoms with Crippen LogP contribution >= 0.6 is 15.9 Å². The zero-order chi connectivity index (χ0) is 15.2. The topological polar surface area (TPSA) is 85.2 Å². The van der Waals surface area contributed by atoms with Gasteiger partial charge in [-0.25, -0.2) is 4.68 Å². The van der Waals surface area contributed by atoms with E-state index < -0.39 is 0 Å². The molecule has 0 aliphatic heterocycles. The van der Waals surface area contributed by atoms with Crippen LogP contribution in [0.1, 0.15) is 12.8 Å². The standard InChI is InChI=1S/C13H19BrN4O3/c1-21-7-6-18-13(20)11(14)10(8-17-18)15-4-5-16-12(19)9-2-3-9/h8-9,15H,2-7H2,1H3,(H,16,19). The first-order chi connectivity index (χ1) is 10.1. The Morgan fingerprint density at radius 2 is 2.29 bits per heavy atom. The van der Waals surface area contributed by atoms with Crippen LogP contribution < -0.4 is 16.2 Å². The highest BCUT2D eigenvalue weighted by molar-refractivity contribution is 9.10. The Hall–Kier alpha value is -1.41. The SMILES string of the molecule is COCCn1ncc(NCCNC(=O)C2CC2)c(Br)c1=O. The van der Waals surface area contributed by atoms with Gasteiger partial charge in [-0.05, 0) is 28.8 Å². The molecule has 7 nitrogen and oxygen atoms in total. The molecule has 21 heavy (non-hydrogen) atoms. The Labute approximate surface area is 131 Å². The van der Waals surface area contributed by atoms with Gasteiger partial charge >= 0.3 is 0 Å². The highest BCUT2D eigenvalue weighted by Gasteiger charge is 2.28. The molecule has 0 bridgehead atoms. The molecule has 0 atom stereocenters. The molecule has 1 aliphatic rings. The summed E-state index contributed by atoms with van der Waals surface area (Å²) in [6.45, 7) is 1.90. The maximum Gasteiger partial charge on any atom is 0.283 e. The van der Waals surface area contributed by atoms with Crippen LogP contribution in [0.2, 0.25) is 0 Å². The van der Waals surface area contributed by atoms with Gasteiger partial charge in [0.05, 0.1) is 25.0 Å². The molecule has 0 unspecified atom stereocenters. The van der Waals surface area contributed by atoms with Crippen LogP contribution in [0.25, 0.3) is 0 Å². The third-order valence-corrected chi connectivity index (χ3v) is 3.95. The van der Waals surface area contributed by atoms with Gasteiger partial charge in [-0.2, -0.15) is 5.10 Å². The fourth-order valence-electron chi connectivity index (χ4n) is 1.80. The fraction of sp³-hybridized carbons (Fsp3) is 0.615. The van der Waals surface area contributed by atoms with Crippen LogP contribution in [-0.4, -0.2) is 42.5 Å². The van der Waals surface area contributed by atoms with Crippen LogP contribution in [0, 0.1) is 5.92 Å². The van der Waals surface area contributed by atoms with E-state index in [9.17, 15) is 9.59 Å². The van der Waals surface area contributed by atoms with E-state index in [1.807, 2.05) is 0 Å². The van der Waals surface area contributed by atoms with E-state index in [1.165, 1.54) is 4.68 Å². The van der Waals surface area contributed by atoms with Crippen LogP contribution in [0.15, 0.2) is 15.5 Å². The van der Waals surface area contributed by atoms with Gasteiger partial charge in [0.2, 0.25) is 5.91 Å². The van der Waals surface area contributed by atoms with Crippen molar-refractivity contribution in [2.45, 2.75) is 19.4 Å². The van der Waals surface area contributed by atoms with Crippen molar-refractivity contribution in [2.75, 3.05) is 32.1 Å². The molecule has 1 aromatic rings. The van der Waals surface area contributed by atoms with Crippen LogP contribution in [0.5, 0.6) is 0 Å². The van der Waals surface area contributed by atoms with Gasteiger partial charge in [-0.3, -0.25) is 9.59 Å². The fourth-order valence-corrected chi connectivity index (χ4v) is 2.25. The molecule has 2 rings (SSSR count). The Morgan fingerprint density at radius 1 is 1.52 bits per heavy atom. The van der Waals surface area contributed by atoms with Gasteiger partial charge in [0.25, 0.3) is 5.56 Å². The minimum atomic E-state index is -0.209. The summed E-state index contributed by atoms with van der Waals surface area (Å²) in [5.41, 5.74) is 0.411. The molecule has 116 valence electrons. The Morgan fingerprint density at radius 3 is 2.95 bits per heavy atom. The molecule has 1 heterocycles. The number of amides is 1. The first kappa shape index (κ1) is 16.0. The lowest BCUT2D eigenvalue weighted by Crippen LogP contribution is -2.31. The lowest BCUT2D eigenvalue weighted by Gasteiger charge is -2.10. The average Bonchev–Trinajstić information content (AvgIpc) is 3.31. The first-order valence-electron chi connectivity index (χ1n) is 6.89. The number of carbonyl (C=O) groups excluding carboxylic acids is 1. The number of hydrogen-bond donors (Lipinski definition) is 2. The van der Waals surface area contributed by atoms with Crippen molar-refractivity contribution in [2.24, 2.45) is 5.92 Å². The lowest BCUT2D eigenvalue weighted by molar-refractivity contribution is -0.122. The van der Waals surface area contributed by atoms with Crippen LogP contribution in [0.4, 0.5) is 5.69 Å². The van der Waals surface area contributed by atoms with Crippen molar-refractivity contribution in [1.29, 1.82) is 0 Å². The molecule has 1 aromatic heterocycles. The maximum absolute atomic E-state index is 12.0. The summed E-state index contributed by atoms with van der Waals surface area (Å²) in [6, 6.07) is 0. The van der Waals surface area contributed by atoms with Crippen molar-refractivity contribution in [3.05, 3.63) is 21.0 Å². The Balaban J connectivity index is 1.83. The van der Waals surface area contributed by atoms with E-state index in [4.69, 9.17) is 4.74 Å². The zero-order valence-electron chi connectivity index (χ0n) is 11.9. The van der Waals surface area contributed by atoms with E-state index in [2.05, 4.69) is 31.7 Å². The quantitative estimate of drug-likeness (QED) is 0.664. The van der Waals surface area contributed by atoms with Crippen molar-refractivity contribution < 1.29 is 9.53 Å².